The Hall–Kier alpha value is -4.37. The maximum Gasteiger partial charge on any atom is 0.101 e. The normalized spacial score (nSPS) is 14.2. The molecule has 0 N–H and O–H groups in total. The summed E-state index contributed by atoms with van der Waals surface area (Å²) < 4.78 is 0. The molecule has 6 rings (SSSR count). The monoisotopic (exact) mass is 423 g/mol. The second-order valence-electron chi connectivity index (χ2n) is 8.13. The van der Waals surface area contributed by atoms with Crippen LogP contribution in [0.3, 0.4) is 0 Å². The average molecular weight is 424 g/mol. The Morgan fingerprint density at radius 1 is 0.545 bits per heavy atom. The van der Waals surface area contributed by atoms with Crippen molar-refractivity contribution < 1.29 is 0 Å². The molecule has 0 bridgehead atoms. The van der Waals surface area contributed by atoms with E-state index < -0.39 is 0 Å². The minimum atomic E-state index is -0.125. The van der Waals surface area contributed by atoms with Gasteiger partial charge in [0.2, 0.25) is 0 Å². The fourth-order valence-corrected chi connectivity index (χ4v) is 4.48. The molecule has 3 heteroatoms. The van der Waals surface area contributed by atoms with E-state index in [1.165, 1.54) is 16.7 Å². The third-order valence-corrected chi connectivity index (χ3v) is 6.08. The van der Waals surface area contributed by atoms with E-state index in [2.05, 4.69) is 76.7 Å². The van der Waals surface area contributed by atoms with E-state index in [1.807, 2.05) is 55.0 Å². The van der Waals surface area contributed by atoms with E-state index in [0.717, 1.165) is 33.6 Å². The van der Waals surface area contributed by atoms with Crippen molar-refractivity contribution >= 4 is 6.21 Å². The van der Waals surface area contributed by atoms with Gasteiger partial charge in [0, 0.05) is 35.3 Å². The molecule has 1 aliphatic heterocycles. The van der Waals surface area contributed by atoms with Gasteiger partial charge in [0.05, 0.1) is 11.4 Å². The molecule has 156 valence electrons. The summed E-state index contributed by atoms with van der Waals surface area (Å²) in [5.74, 6) is 0. The molecule has 0 aliphatic carbocycles. The zero-order chi connectivity index (χ0) is 22.0. The van der Waals surface area contributed by atoms with E-state index in [4.69, 9.17) is 4.99 Å². The van der Waals surface area contributed by atoms with Crippen molar-refractivity contribution in [2.75, 3.05) is 0 Å². The number of rotatable bonds is 3. The van der Waals surface area contributed by atoms with Crippen molar-refractivity contribution in [3.63, 3.8) is 0 Å². The minimum absolute atomic E-state index is 0.125. The Labute approximate surface area is 193 Å². The quantitative estimate of drug-likeness (QED) is 0.313. The number of nitrogens with zero attached hydrogens (tertiary/aromatic N) is 3. The van der Waals surface area contributed by atoms with Gasteiger partial charge in [-0.05, 0) is 58.7 Å². The maximum absolute atomic E-state index is 5.08. The predicted octanol–water partition coefficient (Wildman–Crippen LogP) is 7.00. The average Bonchev–Trinajstić information content (AvgIpc) is 3.06. The summed E-state index contributed by atoms with van der Waals surface area (Å²) in [6.45, 7) is 0. The number of hydrogen-bond acceptors (Lipinski definition) is 3. The molecule has 33 heavy (non-hydrogen) atoms. The molecule has 1 atom stereocenters. The van der Waals surface area contributed by atoms with E-state index in [1.54, 1.807) is 0 Å². The van der Waals surface area contributed by atoms with Crippen LogP contribution in [0.2, 0.25) is 0 Å². The highest BCUT2D eigenvalue weighted by atomic mass is 14.8. The first kappa shape index (κ1) is 19.3. The van der Waals surface area contributed by atoms with Crippen molar-refractivity contribution in [2.45, 2.75) is 6.04 Å². The van der Waals surface area contributed by atoms with E-state index in [9.17, 15) is 0 Å². The number of pyridine rings is 2. The molecule has 3 heterocycles. The van der Waals surface area contributed by atoms with Crippen molar-refractivity contribution in [1.29, 1.82) is 0 Å². The summed E-state index contributed by atoms with van der Waals surface area (Å²) >= 11 is 0. The van der Waals surface area contributed by atoms with Gasteiger partial charge in [-0.1, -0.05) is 66.7 Å². The minimum Gasteiger partial charge on any atom is -0.280 e. The third kappa shape index (κ3) is 3.64. The van der Waals surface area contributed by atoms with Crippen LogP contribution in [0.15, 0.2) is 121 Å². The van der Waals surface area contributed by atoms with Crippen molar-refractivity contribution in [3.05, 3.63) is 132 Å². The highest BCUT2D eigenvalue weighted by molar-refractivity contribution is 5.93. The molecule has 5 aromatic rings. The van der Waals surface area contributed by atoms with Crippen LogP contribution >= 0.6 is 0 Å². The van der Waals surface area contributed by atoms with Gasteiger partial charge in [-0.2, -0.15) is 0 Å². The Kier molecular flexibility index (Phi) is 4.85. The number of hydrogen-bond donors (Lipinski definition) is 0. The summed E-state index contributed by atoms with van der Waals surface area (Å²) in [7, 11) is 0. The number of benzene rings is 3. The molecule has 0 fully saturated rings. The first-order chi connectivity index (χ1) is 16.4. The Balaban J connectivity index is 1.54. The fourth-order valence-electron chi connectivity index (χ4n) is 4.48. The summed E-state index contributed by atoms with van der Waals surface area (Å²) in [5, 5.41) is 0. The molecule has 0 radical (unpaired) electrons. The molecule has 3 aromatic carbocycles. The highest BCUT2D eigenvalue weighted by Crippen LogP contribution is 2.40. The van der Waals surface area contributed by atoms with Crippen LogP contribution in [0.25, 0.3) is 33.6 Å². The lowest BCUT2D eigenvalue weighted by Gasteiger charge is -2.18. The molecule has 2 aromatic heterocycles. The van der Waals surface area contributed by atoms with Crippen LogP contribution in [0.5, 0.6) is 0 Å². The predicted molar refractivity (Wildman–Crippen MR) is 134 cm³/mol. The highest BCUT2D eigenvalue weighted by Gasteiger charge is 2.22. The maximum atomic E-state index is 5.08. The Morgan fingerprint density at radius 3 is 2.03 bits per heavy atom. The fraction of sp³-hybridized carbons (Fsp3) is 0.0333. The summed E-state index contributed by atoms with van der Waals surface area (Å²) in [4.78, 5) is 14.2. The smallest absolute Gasteiger partial charge is 0.101 e. The van der Waals surface area contributed by atoms with Gasteiger partial charge in [-0.15, -0.1) is 0 Å². The van der Waals surface area contributed by atoms with E-state index in [-0.39, 0.29) is 6.04 Å². The van der Waals surface area contributed by atoms with Crippen molar-refractivity contribution in [3.8, 4) is 33.6 Å². The van der Waals surface area contributed by atoms with Gasteiger partial charge in [0.25, 0.3) is 0 Å². The lowest BCUT2D eigenvalue weighted by molar-refractivity contribution is 0.884. The van der Waals surface area contributed by atoms with Gasteiger partial charge in [0.1, 0.15) is 6.04 Å². The second kappa shape index (κ2) is 8.29. The van der Waals surface area contributed by atoms with Crippen LogP contribution in [-0.4, -0.2) is 16.2 Å². The second-order valence-corrected chi connectivity index (χ2v) is 8.13. The standard InChI is InChI=1S/C30H21N3/c1-2-11-25-24(8-1)20-33-30(23-10-7-9-21(18-23)28-12-3-5-16-31-28)27-19-22(14-15-26(25)27)29-13-4-6-17-32-29/h1-20,30H. The topological polar surface area (TPSA) is 38.1 Å². The van der Waals surface area contributed by atoms with Crippen LogP contribution in [0.1, 0.15) is 22.7 Å². The van der Waals surface area contributed by atoms with E-state index in [0.29, 0.717) is 0 Å². The van der Waals surface area contributed by atoms with Gasteiger partial charge in [0.15, 0.2) is 0 Å². The lowest BCUT2D eigenvalue weighted by Crippen LogP contribution is -2.01. The van der Waals surface area contributed by atoms with Gasteiger partial charge < -0.3 is 0 Å². The van der Waals surface area contributed by atoms with Gasteiger partial charge >= 0.3 is 0 Å². The first-order valence-corrected chi connectivity index (χ1v) is 11.1. The van der Waals surface area contributed by atoms with Crippen molar-refractivity contribution in [2.24, 2.45) is 4.99 Å². The molecule has 3 nitrogen and oxygen atoms in total. The SMILES string of the molecule is C1=NC(c2cccc(-c3ccccn3)c2)c2cc(-c3ccccn3)ccc2-c2ccccc21. The molecule has 1 aliphatic rings. The number of fused-ring (bicyclic) bond motifs is 3. The van der Waals surface area contributed by atoms with Crippen LogP contribution < -0.4 is 0 Å². The zero-order valence-corrected chi connectivity index (χ0v) is 18.0. The van der Waals surface area contributed by atoms with E-state index >= 15 is 0 Å². The molecule has 0 spiro atoms. The van der Waals surface area contributed by atoms with Crippen LogP contribution in [-0.2, 0) is 0 Å². The summed E-state index contributed by atoms with van der Waals surface area (Å²) in [6.07, 6.45) is 5.67. The largest absolute Gasteiger partial charge is 0.280 e. The Morgan fingerprint density at radius 2 is 1.27 bits per heavy atom. The van der Waals surface area contributed by atoms with Gasteiger partial charge in [-0.3, -0.25) is 15.0 Å². The molecule has 0 saturated heterocycles. The van der Waals surface area contributed by atoms with Crippen LogP contribution in [0, 0.1) is 0 Å². The molecule has 0 saturated carbocycles. The van der Waals surface area contributed by atoms with Crippen molar-refractivity contribution in [1.82, 2.24) is 9.97 Å². The molecular weight excluding hydrogens is 402 g/mol. The summed E-state index contributed by atoms with van der Waals surface area (Å²) in [5.41, 5.74) is 9.96. The lowest BCUT2D eigenvalue weighted by atomic mass is 9.88. The zero-order valence-electron chi connectivity index (χ0n) is 18.0. The number of aromatic nitrogens is 2. The molecular formula is C30H21N3. The molecule has 1 unspecified atom stereocenters. The Bertz CT molecular complexity index is 1460. The first-order valence-electron chi connectivity index (χ1n) is 11.1. The molecule has 0 amide bonds. The van der Waals surface area contributed by atoms with Crippen LogP contribution in [0.4, 0.5) is 0 Å². The van der Waals surface area contributed by atoms with Gasteiger partial charge in [-0.25, -0.2) is 0 Å². The summed E-state index contributed by atoms with van der Waals surface area (Å²) in [6, 6.07) is 35.5. The number of aliphatic imine (C=N–C) groups is 1. The third-order valence-electron chi connectivity index (χ3n) is 6.08.